The van der Waals surface area contributed by atoms with Crippen LogP contribution in [0.5, 0.6) is 0 Å². The average molecular weight is 401 g/mol. The molecule has 0 aliphatic heterocycles. The standard InChI is InChI=1S/C25H23NO4/c1-16-7-6-8-17(13-16)14-23(24(27)28)26-25(29)30-15-22-20-11-4-2-9-18(20)19-10-3-5-12-21(19)22/h2-13,22-23H,14-15H2,1H3,(H,26,29)(H,27,28). The molecule has 0 fully saturated rings. The third-order valence-electron chi connectivity index (χ3n) is 5.46. The molecule has 0 saturated heterocycles. The Hall–Kier alpha value is -3.60. The lowest BCUT2D eigenvalue weighted by Crippen LogP contribution is -2.42. The summed E-state index contributed by atoms with van der Waals surface area (Å²) in [5.41, 5.74) is 6.40. The summed E-state index contributed by atoms with van der Waals surface area (Å²) >= 11 is 0. The summed E-state index contributed by atoms with van der Waals surface area (Å²) in [6, 6.07) is 22.7. The van der Waals surface area contributed by atoms with Crippen LogP contribution in [0.25, 0.3) is 11.1 Å². The molecule has 1 atom stereocenters. The van der Waals surface area contributed by atoms with Gasteiger partial charge in [0, 0.05) is 12.3 Å². The Labute approximate surface area is 175 Å². The summed E-state index contributed by atoms with van der Waals surface area (Å²) in [6.45, 7) is 2.09. The number of carboxylic acid groups (broad SMARTS) is 1. The molecule has 1 amide bonds. The van der Waals surface area contributed by atoms with E-state index in [4.69, 9.17) is 4.74 Å². The molecule has 0 bridgehead atoms. The molecular weight excluding hydrogens is 378 g/mol. The van der Waals surface area contributed by atoms with Gasteiger partial charge in [0.25, 0.3) is 0 Å². The summed E-state index contributed by atoms with van der Waals surface area (Å²) in [7, 11) is 0. The topological polar surface area (TPSA) is 75.6 Å². The first-order chi connectivity index (χ1) is 14.5. The minimum atomic E-state index is -1.09. The Bertz CT molecular complexity index is 1050. The van der Waals surface area contributed by atoms with Crippen LogP contribution in [-0.4, -0.2) is 29.8 Å². The normalized spacial score (nSPS) is 13.2. The van der Waals surface area contributed by atoms with Gasteiger partial charge in [-0.3, -0.25) is 0 Å². The van der Waals surface area contributed by atoms with Crippen molar-refractivity contribution in [2.24, 2.45) is 0 Å². The highest BCUT2D eigenvalue weighted by Gasteiger charge is 2.29. The first-order valence-corrected chi connectivity index (χ1v) is 9.93. The van der Waals surface area contributed by atoms with E-state index in [2.05, 4.69) is 17.4 Å². The van der Waals surface area contributed by atoms with E-state index < -0.39 is 18.1 Å². The second-order valence-electron chi connectivity index (χ2n) is 7.55. The third kappa shape index (κ3) is 4.06. The number of carbonyl (C=O) groups excluding carboxylic acids is 1. The highest BCUT2D eigenvalue weighted by Crippen LogP contribution is 2.44. The average Bonchev–Trinajstić information content (AvgIpc) is 3.06. The molecule has 3 aromatic rings. The van der Waals surface area contributed by atoms with Crippen LogP contribution in [0, 0.1) is 6.92 Å². The second-order valence-corrected chi connectivity index (χ2v) is 7.55. The van der Waals surface area contributed by atoms with Crippen molar-refractivity contribution < 1.29 is 19.4 Å². The monoisotopic (exact) mass is 401 g/mol. The SMILES string of the molecule is Cc1cccc(CC(NC(=O)OCC2c3ccccc3-c3ccccc32)C(=O)O)c1. The Morgan fingerprint density at radius 2 is 1.60 bits per heavy atom. The number of alkyl carbamates (subject to hydrolysis) is 1. The number of aryl methyl sites for hydroxylation is 1. The highest BCUT2D eigenvalue weighted by molar-refractivity contribution is 5.81. The van der Waals surface area contributed by atoms with Crippen LogP contribution < -0.4 is 5.32 Å². The van der Waals surface area contributed by atoms with Crippen molar-refractivity contribution >= 4 is 12.1 Å². The van der Waals surface area contributed by atoms with E-state index in [9.17, 15) is 14.7 Å². The molecule has 5 nitrogen and oxygen atoms in total. The van der Waals surface area contributed by atoms with Gasteiger partial charge in [-0.1, -0.05) is 78.4 Å². The number of fused-ring (bicyclic) bond motifs is 3. The van der Waals surface area contributed by atoms with Crippen molar-refractivity contribution in [1.29, 1.82) is 0 Å². The van der Waals surface area contributed by atoms with Crippen LogP contribution in [0.1, 0.15) is 28.2 Å². The minimum Gasteiger partial charge on any atom is -0.480 e. The number of carbonyl (C=O) groups is 2. The number of benzene rings is 3. The smallest absolute Gasteiger partial charge is 0.407 e. The minimum absolute atomic E-state index is 0.0665. The lowest BCUT2D eigenvalue weighted by atomic mass is 9.98. The first-order valence-electron chi connectivity index (χ1n) is 9.93. The molecule has 0 spiro atoms. The van der Waals surface area contributed by atoms with Gasteiger partial charge in [0.15, 0.2) is 0 Å². The Morgan fingerprint density at radius 1 is 0.967 bits per heavy atom. The predicted octanol–water partition coefficient (Wildman–Crippen LogP) is 4.53. The molecular formula is C25H23NO4. The van der Waals surface area contributed by atoms with Gasteiger partial charge in [0.05, 0.1) is 0 Å². The summed E-state index contributed by atoms with van der Waals surface area (Å²) < 4.78 is 5.47. The fourth-order valence-corrected chi connectivity index (χ4v) is 4.06. The van der Waals surface area contributed by atoms with Crippen molar-refractivity contribution in [3.05, 3.63) is 95.1 Å². The van der Waals surface area contributed by atoms with Gasteiger partial charge in [-0.15, -0.1) is 0 Å². The Balaban J connectivity index is 1.43. The van der Waals surface area contributed by atoms with Crippen LogP contribution in [0.4, 0.5) is 4.79 Å². The Kier molecular flexibility index (Phi) is 5.53. The van der Waals surface area contributed by atoms with Gasteiger partial charge >= 0.3 is 12.1 Å². The van der Waals surface area contributed by atoms with Gasteiger partial charge in [0.2, 0.25) is 0 Å². The van der Waals surface area contributed by atoms with Crippen LogP contribution >= 0.6 is 0 Å². The van der Waals surface area contributed by atoms with Crippen molar-refractivity contribution in [3.63, 3.8) is 0 Å². The van der Waals surface area contributed by atoms with Crippen LogP contribution in [0.15, 0.2) is 72.8 Å². The fraction of sp³-hybridized carbons (Fsp3) is 0.200. The Morgan fingerprint density at radius 3 is 2.20 bits per heavy atom. The maximum atomic E-state index is 12.4. The summed E-state index contributed by atoms with van der Waals surface area (Å²) in [4.78, 5) is 24.0. The molecule has 2 N–H and O–H groups in total. The van der Waals surface area contributed by atoms with E-state index in [1.165, 1.54) is 0 Å². The van der Waals surface area contributed by atoms with Gasteiger partial charge in [0.1, 0.15) is 12.6 Å². The molecule has 152 valence electrons. The van der Waals surface area contributed by atoms with Crippen molar-refractivity contribution in [1.82, 2.24) is 5.32 Å². The third-order valence-corrected chi connectivity index (χ3v) is 5.46. The fourth-order valence-electron chi connectivity index (χ4n) is 4.06. The molecule has 0 aromatic heterocycles. The van der Waals surface area contributed by atoms with E-state index in [1.807, 2.05) is 67.6 Å². The van der Waals surface area contributed by atoms with Crippen molar-refractivity contribution in [2.45, 2.75) is 25.3 Å². The number of hydrogen-bond donors (Lipinski definition) is 2. The molecule has 1 aliphatic carbocycles. The molecule has 0 radical (unpaired) electrons. The van der Waals surface area contributed by atoms with Crippen molar-refractivity contribution in [3.8, 4) is 11.1 Å². The van der Waals surface area contributed by atoms with Crippen LogP contribution in [-0.2, 0) is 16.0 Å². The first kappa shape index (κ1) is 19.7. The molecule has 1 unspecified atom stereocenters. The zero-order chi connectivity index (χ0) is 21.1. The maximum Gasteiger partial charge on any atom is 0.407 e. The van der Waals surface area contributed by atoms with E-state index >= 15 is 0 Å². The molecule has 30 heavy (non-hydrogen) atoms. The summed E-state index contributed by atoms with van der Waals surface area (Å²) in [5.74, 6) is -1.16. The van der Waals surface area contributed by atoms with Crippen LogP contribution in [0.2, 0.25) is 0 Å². The number of amides is 1. The zero-order valence-electron chi connectivity index (χ0n) is 16.7. The predicted molar refractivity (Wildman–Crippen MR) is 115 cm³/mol. The molecule has 3 aromatic carbocycles. The van der Waals surface area contributed by atoms with Gasteiger partial charge in [-0.2, -0.15) is 0 Å². The number of ether oxygens (including phenoxy) is 1. The van der Waals surface area contributed by atoms with Crippen LogP contribution in [0.3, 0.4) is 0 Å². The number of hydrogen-bond acceptors (Lipinski definition) is 3. The molecule has 0 heterocycles. The lowest BCUT2D eigenvalue weighted by Gasteiger charge is -2.17. The van der Waals surface area contributed by atoms with Crippen molar-refractivity contribution in [2.75, 3.05) is 6.61 Å². The van der Waals surface area contributed by atoms with E-state index in [-0.39, 0.29) is 18.9 Å². The lowest BCUT2D eigenvalue weighted by molar-refractivity contribution is -0.139. The van der Waals surface area contributed by atoms with Gasteiger partial charge < -0.3 is 15.2 Å². The van der Waals surface area contributed by atoms with E-state index in [0.29, 0.717) is 0 Å². The number of nitrogens with one attached hydrogen (secondary N) is 1. The largest absolute Gasteiger partial charge is 0.480 e. The van der Waals surface area contributed by atoms with E-state index in [0.717, 1.165) is 33.4 Å². The van der Waals surface area contributed by atoms with E-state index in [1.54, 1.807) is 0 Å². The number of aliphatic carboxylic acids is 1. The number of rotatable bonds is 6. The van der Waals surface area contributed by atoms with Gasteiger partial charge in [-0.25, -0.2) is 9.59 Å². The molecule has 5 heteroatoms. The second kappa shape index (κ2) is 8.41. The summed E-state index contributed by atoms with van der Waals surface area (Å²) in [5, 5.41) is 12.0. The summed E-state index contributed by atoms with van der Waals surface area (Å²) in [6.07, 6.45) is -0.529. The number of carboxylic acids is 1. The molecule has 1 aliphatic rings. The highest BCUT2D eigenvalue weighted by atomic mass is 16.5. The quantitative estimate of drug-likeness (QED) is 0.636. The maximum absolute atomic E-state index is 12.4. The zero-order valence-corrected chi connectivity index (χ0v) is 16.7. The molecule has 0 saturated carbocycles. The van der Waals surface area contributed by atoms with Gasteiger partial charge in [-0.05, 0) is 34.7 Å². The molecule has 4 rings (SSSR count).